The minimum Gasteiger partial charge on any atom is -0.480 e. The van der Waals surface area contributed by atoms with Gasteiger partial charge in [-0.3, -0.25) is 72.3 Å². The number of guanidine groups is 2. The fourth-order valence-corrected chi connectivity index (χ4v) is 12.7. The molecule has 0 bridgehead atoms. The van der Waals surface area contributed by atoms with Crippen LogP contribution in [0, 0.1) is 5.92 Å². The number of nitrogens with one attached hydrogen (secondary N) is 12. The Labute approximate surface area is 635 Å². The highest BCUT2D eigenvalue weighted by atomic mass is 79.9. The SMILES string of the molecule is CCCC[C@H](NC(=O)[C@@H]1CCCN1C(=O)CNC(=O)[C@H](CCCCN)NC(=O)[C@H](Cc1cnc[nH]1)NC(=O)[C@H](CO)NC(=O)[C@H](CC(C)C)NC(=O)[C@H](CCCN=C(N)N)NC(=O)[C@@H]1CCCN1C(=O)[C@H](CCCN=C(N)N)NC(=O)[C@@H]1CCC(=O)N1)C(=O)NC(C)(C)C(=O)N[C@@H](Cc1ccc(Br)cc1)C(=O)O. The van der Waals surface area contributed by atoms with Gasteiger partial charge in [0.1, 0.15) is 72.0 Å². The number of nitrogens with zero attached hydrogens (tertiary/aromatic N) is 5. The van der Waals surface area contributed by atoms with Gasteiger partial charge in [-0.1, -0.05) is 61.7 Å². The number of nitrogens with two attached hydrogens (primary N) is 5. The predicted octanol–water partition coefficient (Wildman–Crippen LogP) is -4.34. The first-order valence-electron chi connectivity index (χ1n) is 36.5. The average Bonchev–Trinajstić information content (AvgIpc) is 1.50. The number of likely N-dealkylation sites (tertiary alicyclic amines) is 2. The van der Waals surface area contributed by atoms with Crippen LogP contribution in [0.1, 0.15) is 155 Å². The van der Waals surface area contributed by atoms with E-state index in [1.54, 1.807) is 38.1 Å². The number of aromatic nitrogens is 2. The van der Waals surface area contributed by atoms with E-state index in [-0.39, 0.29) is 140 Å². The van der Waals surface area contributed by atoms with E-state index in [1.807, 2.05) is 6.92 Å². The lowest BCUT2D eigenvalue weighted by molar-refractivity contribution is -0.143. The molecule has 0 saturated carbocycles. The summed E-state index contributed by atoms with van der Waals surface area (Å²) in [7, 11) is 0. The summed E-state index contributed by atoms with van der Waals surface area (Å²) >= 11 is 3.34. The largest absolute Gasteiger partial charge is 0.480 e. The molecular weight excluding hydrogens is 1470 g/mol. The van der Waals surface area contributed by atoms with Crippen LogP contribution < -0.4 is 87.2 Å². The maximum atomic E-state index is 14.5. The first kappa shape index (κ1) is 88.6. The van der Waals surface area contributed by atoms with Crippen LogP contribution in [0.5, 0.6) is 0 Å². The van der Waals surface area contributed by atoms with Crippen LogP contribution >= 0.6 is 15.9 Å². The van der Waals surface area contributed by atoms with Crippen LogP contribution in [0.2, 0.25) is 0 Å². The summed E-state index contributed by atoms with van der Waals surface area (Å²) in [5.74, 6) is -11.8. The molecule has 0 unspecified atom stereocenters. The molecule has 0 aliphatic carbocycles. The van der Waals surface area contributed by atoms with Crippen molar-refractivity contribution < 1.29 is 77.3 Å². The van der Waals surface area contributed by atoms with Crippen LogP contribution in [-0.4, -0.2) is 243 Å². The van der Waals surface area contributed by atoms with Crippen LogP contribution in [-0.2, 0) is 80.0 Å². The zero-order valence-corrected chi connectivity index (χ0v) is 63.5. The van der Waals surface area contributed by atoms with Crippen LogP contribution in [0.25, 0.3) is 0 Å². The van der Waals surface area contributed by atoms with Gasteiger partial charge in [-0.25, -0.2) is 9.78 Å². The van der Waals surface area contributed by atoms with Crippen LogP contribution in [0.15, 0.2) is 51.2 Å². The van der Waals surface area contributed by atoms with E-state index < -0.39 is 162 Å². The number of carbonyl (C=O) groups excluding carboxylic acids is 13. The number of carboxylic acids is 1. The number of benzene rings is 1. The summed E-state index contributed by atoms with van der Waals surface area (Å²) in [4.78, 5) is 211. The van der Waals surface area contributed by atoms with Crippen LogP contribution in [0.4, 0.5) is 0 Å². The standard InChI is InChI=1S/C69H109BrN22O16/c1-6-7-14-44(61(102)90-69(4,5)66(108)89-49(65(106)107)32-39-20-22-40(70)23-21-39)84-62(103)51-18-12-29-91(51)54(95)35-79-55(96)42(15-8-9-26-71)82-59(100)48(33-41-34-76-37-80-41)87-60(101)50(36-93)88-58(99)47(31-38(2)3)86-56(97)43(16-10-27-77-67(72)73)83-63(104)52-19-13-30-92(52)64(105)46(17-11-28-78-68(74)75)85-57(98)45-24-25-53(94)81-45/h20-23,34,37-38,42-52,93H,6-19,24-33,35-36,71H2,1-5H3,(H,76,80)(H,79,96)(H,81,94)(H,82,100)(H,83,104)(H,84,103)(H,85,98)(H,86,97)(H,87,101)(H,88,99)(H,89,108)(H,90,102)(H,106,107)(H4,72,73,77)(H4,74,75,78)/t42-,43-,44-,45-,46-,47-,48-,49-,50-,51-,52-/m0/s1. The van der Waals surface area contributed by atoms with Gasteiger partial charge in [-0.05, 0) is 134 Å². The number of aliphatic hydroxyl groups is 1. The number of aromatic amines is 1. The third kappa shape index (κ3) is 28.9. The quantitative estimate of drug-likeness (QED) is 0.0169. The lowest BCUT2D eigenvalue weighted by Gasteiger charge is -2.31. The van der Waals surface area contributed by atoms with Crippen molar-refractivity contribution in [3.63, 3.8) is 0 Å². The fourth-order valence-electron chi connectivity index (χ4n) is 12.5. The first-order valence-corrected chi connectivity index (χ1v) is 37.3. The van der Waals surface area contributed by atoms with E-state index in [0.29, 0.717) is 49.8 Å². The Morgan fingerprint density at radius 2 is 1.16 bits per heavy atom. The molecule has 0 spiro atoms. The number of carboxylic acid groups (broad SMARTS) is 1. The second kappa shape index (κ2) is 44.3. The molecule has 3 aliphatic heterocycles. The Morgan fingerprint density at radius 1 is 0.630 bits per heavy atom. The number of halogens is 1. The van der Waals surface area contributed by atoms with Crippen molar-refractivity contribution in [2.75, 3.05) is 45.9 Å². The Kier molecular flexibility index (Phi) is 36.3. The van der Waals surface area contributed by atoms with Gasteiger partial charge in [-0.2, -0.15) is 0 Å². The molecule has 13 amide bonds. The molecule has 5 rings (SSSR count). The van der Waals surface area contributed by atoms with Gasteiger partial charge in [0.05, 0.1) is 19.5 Å². The van der Waals surface area contributed by atoms with Gasteiger partial charge in [0.25, 0.3) is 0 Å². The van der Waals surface area contributed by atoms with Crippen molar-refractivity contribution in [3.8, 4) is 0 Å². The number of unbranched alkanes of at least 4 members (excludes halogenated alkanes) is 2. The van der Waals surface area contributed by atoms with Gasteiger partial charge in [0.2, 0.25) is 76.8 Å². The van der Waals surface area contributed by atoms with Gasteiger partial charge >= 0.3 is 5.97 Å². The normalized spacial score (nSPS) is 17.7. The highest BCUT2D eigenvalue weighted by Crippen LogP contribution is 2.23. The number of carbonyl (C=O) groups is 14. The summed E-state index contributed by atoms with van der Waals surface area (Å²) in [5.41, 5.74) is 27.3. The van der Waals surface area contributed by atoms with Crippen molar-refractivity contribution in [1.29, 1.82) is 0 Å². The zero-order valence-electron chi connectivity index (χ0n) is 61.9. The van der Waals surface area contributed by atoms with Crippen molar-refractivity contribution in [2.24, 2.45) is 44.6 Å². The molecule has 0 radical (unpaired) electrons. The second-order valence-corrected chi connectivity index (χ2v) is 28.9. The highest BCUT2D eigenvalue weighted by Gasteiger charge is 2.43. The number of aliphatic imine (C=N–C) groups is 2. The molecule has 108 heavy (non-hydrogen) atoms. The maximum Gasteiger partial charge on any atom is 0.326 e. The lowest BCUT2D eigenvalue weighted by Crippen LogP contribution is -2.62. The minimum absolute atomic E-state index is 0.0128. The van der Waals surface area contributed by atoms with Gasteiger partial charge < -0.3 is 112 Å². The maximum absolute atomic E-state index is 14.5. The number of rotatable bonds is 45. The third-order valence-electron chi connectivity index (χ3n) is 18.4. The van der Waals surface area contributed by atoms with E-state index in [2.05, 4.69) is 94.4 Å². The van der Waals surface area contributed by atoms with Crippen molar-refractivity contribution in [3.05, 3.63) is 52.5 Å². The van der Waals surface area contributed by atoms with Gasteiger partial charge in [0.15, 0.2) is 11.9 Å². The zero-order chi connectivity index (χ0) is 79.8. The summed E-state index contributed by atoms with van der Waals surface area (Å²) in [5, 5.41) is 49.5. The molecule has 39 heteroatoms. The minimum atomic E-state index is -1.77. The van der Waals surface area contributed by atoms with E-state index in [0.717, 1.165) is 4.47 Å². The molecular formula is C69H109BrN22O16. The summed E-state index contributed by atoms with van der Waals surface area (Å²) in [6.45, 7) is 7.02. The smallest absolute Gasteiger partial charge is 0.326 e. The fraction of sp³-hybridized carbons (Fsp3) is 0.638. The number of imidazole rings is 1. The first-order chi connectivity index (χ1) is 51.2. The molecule has 4 heterocycles. The lowest BCUT2D eigenvalue weighted by atomic mass is 10.00. The number of hydrogen-bond acceptors (Lipinski definition) is 19. The Bertz CT molecular complexity index is 3480. The molecule has 24 N–H and O–H groups in total. The topological polar surface area (TPSA) is 602 Å². The molecule has 1 aromatic heterocycles. The number of aliphatic hydroxyl groups excluding tert-OH is 1. The number of aliphatic carboxylic acids is 1. The highest BCUT2D eigenvalue weighted by molar-refractivity contribution is 9.10. The number of amides is 13. The summed E-state index contributed by atoms with van der Waals surface area (Å²) in [6.07, 6.45) is 6.00. The molecule has 598 valence electrons. The second-order valence-electron chi connectivity index (χ2n) is 28.0. The molecule has 3 saturated heterocycles. The van der Waals surface area contributed by atoms with E-state index in [9.17, 15) is 77.3 Å². The average molecular weight is 1580 g/mol. The van der Waals surface area contributed by atoms with Crippen molar-refractivity contribution >= 4 is 111 Å². The van der Waals surface area contributed by atoms with E-state index in [1.165, 1.54) is 36.2 Å². The molecule has 11 atom stereocenters. The predicted molar refractivity (Wildman–Crippen MR) is 398 cm³/mol. The number of H-pyrrole nitrogens is 1. The van der Waals surface area contributed by atoms with Gasteiger partial charge in [0, 0.05) is 61.8 Å². The Morgan fingerprint density at radius 3 is 1.72 bits per heavy atom. The van der Waals surface area contributed by atoms with Crippen molar-refractivity contribution in [1.82, 2.24) is 78.3 Å². The van der Waals surface area contributed by atoms with E-state index >= 15 is 0 Å². The molecule has 3 aliphatic rings. The number of hydrogen-bond donors (Lipinski definition) is 19. The molecule has 1 aromatic carbocycles. The Hall–Kier alpha value is -10.1. The summed E-state index contributed by atoms with van der Waals surface area (Å²) in [6, 6.07) is -7.39. The van der Waals surface area contributed by atoms with Crippen LogP contribution in [0.3, 0.4) is 0 Å². The molecule has 2 aromatic rings. The monoisotopic (exact) mass is 1580 g/mol. The van der Waals surface area contributed by atoms with E-state index in [4.69, 9.17) is 28.7 Å². The molecule has 38 nitrogen and oxygen atoms in total. The Balaban J connectivity index is 1.26. The summed E-state index contributed by atoms with van der Waals surface area (Å²) < 4.78 is 0.776. The molecule has 3 fully saturated rings. The van der Waals surface area contributed by atoms with Gasteiger partial charge in [-0.15, -0.1) is 0 Å². The van der Waals surface area contributed by atoms with Crippen molar-refractivity contribution in [2.45, 2.75) is 229 Å². The third-order valence-corrected chi connectivity index (χ3v) is 18.9.